The molecule has 42 valence electrons. The van der Waals surface area contributed by atoms with E-state index in [-0.39, 0.29) is 0 Å². The normalized spacial score (nSPS) is 15.0. The van der Waals surface area contributed by atoms with E-state index >= 15 is 0 Å². The Balaban J connectivity index is 3.14. The van der Waals surface area contributed by atoms with E-state index in [0.29, 0.717) is 4.83 Å². The fourth-order valence-corrected chi connectivity index (χ4v) is 0.333. The lowest BCUT2D eigenvalue weighted by atomic mass is 10.1. The van der Waals surface area contributed by atoms with Gasteiger partial charge in [-0.05, 0) is 12.3 Å². The fraction of sp³-hybridized carbons (Fsp3) is 0.667. The van der Waals surface area contributed by atoms with Gasteiger partial charge in [0.15, 0.2) is 0 Å². The summed E-state index contributed by atoms with van der Waals surface area (Å²) in [7, 11) is 0. The second-order valence-electron chi connectivity index (χ2n) is 1.81. The first kappa shape index (κ1) is 7.48. The van der Waals surface area contributed by atoms with Crippen molar-refractivity contribution in [3.63, 3.8) is 0 Å². The Morgan fingerprint density at radius 3 is 2.00 bits per heavy atom. The van der Waals surface area contributed by atoms with Crippen LogP contribution in [0, 0.1) is 12.3 Å². The predicted octanol–water partition coefficient (Wildman–Crippen LogP) is 2.59. The van der Waals surface area contributed by atoms with Gasteiger partial charge in [0.05, 0.1) is 0 Å². The van der Waals surface area contributed by atoms with Gasteiger partial charge < -0.3 is 0 Å². The summed E-state index contributed by atoms with van der Waals surface area (Å²) in [5.41, 5.74) is 0. The lowest BCUT2D eigenvalue weighted by Gasteiger charge is -2.07. The number of rotatable bonds is 2. The number of hydrogen-bond acceptors (Lipinski definition) is 0. The minimum absolute atomic E-state index is 0.507. The van der Waals surface area contributed by atoms with Crippen LogP contribution in [-0.4, -0.2) is 4.83 Å². The summed E-state index contributed by atoms with van der Waals surface area (Å²) >= 11 is 3.45. The van der Waals surface area contributed by atoms with Gasteiger partial charge in [0.25, 0.3) is 0 Å². The van der Waals surface area contributed by atoms with E-state index in [1.807, 2.05) is 6.92 Å². The summed E-state index contributed by atoms with van der Waals surface area (Å²) in [4.78, 5) is 0.507. The zero-order valence-electron chi connectivity index (χ0n) is 5.03. The topological polar surface area (TPSA) is 0 Å². The smallest absolute Gasteiger partial charge is 0.0231 e. The molecule has 2 radical (unpaired) electrons. The van der Waals surface area contributed by atoms with Gasteiger partial charge in [0.1, 0.15) is 0 Å². The van der Waals surface area contributed by atoms with Crippen LogP contribution < -0.4 is 0 Å². The summed E-state index contributed by atoms with van der Waals surface area (Å²) in [5, 5.41) is 0. The number of hydrogen-bond donors (Lipinski definition) is 0. The molecule has 0 aliphatic carbocycles. The maximum absolute atomic E-state index is 3.45. The second-order valence-corrected chi connectivity index (χ2v) is 2.80. The maximum atomic E-state index is 3.45. The van der Waals surface area contributed by atoms with Crippen molar-refractivity contribution in [3.8, 4) is 0 Å². The molecule has 0 rings (SSSR count). The van der Waals surface area contributed by atoms with Crippen LogP contribution in [0.2, 0.25) is 0 Å². The van der Waals surface area contributed by atoms with Crippen LogP contribution in [0.25, 0.3) is 0 Å². The number of alkyl halides is 1. The Bertz CT molecular complexity index is 41.4. The molecule has 0 nitrogen and oxygen atoms in total. The van der Waals surface area contributed by atoms with Crippen LogP contribution in [-0.2, 0) is 0 Å². The third kappa shape index (κ3) is 3.10. The molecule has 0 N–H and O–H groups in total. The average molecular weight is 163 g/mol. The Morgan fingerprint density at radius 1 is 1.57 bits per heavy atom. The molecular weight excluding hydrogens is 152 g/mol. The van der Waals surface area contributed by atoms with E-state index in [1.165, 1.54) is 5.92 Å². The standard InChI is InChI=1S/C6H11Br/c1-4-6(7)5(2)3/h4,6H,1-3H3. The Labute approximate surface area is 54.4 Å². The highest BCUT2D eigenvalue weighted by Crippen LogP contribution is 2.15. The van der Waals surface area contributed by atoms with Gasteiger partial charge in [0, 0.05) is 4.83 Å². The van der Waals surface area contributed by atoms with Crippen molar-refractivity contribution in [1.82, 2.24) is 0 Å². The lowest BCUT2D eigenvalue weighted by Crippen LogP contribution is -2.02. The van der Waals surface area contributed by atoms with Crippen molar-refractivity contribution >= 4 is 15.9 Å². The first-order chi connectivity index (χ1) is 3.18. The molecule has 1 atom stereocenters. The summed E-state index contributed by atoms with van der Waals surface area (Å²) in [5.74, 6) is 1.41. The van der Waals surface area contributed by atoms with E-state index in [9.17, 15) is 0 Å². The van der Waals surface area contributed by atoms with Crippen molar-refractivity contribution in [1.29, 1.82) is 0 Å². The van der Waals surface area contributed by atoms with Crippen molar-refractivity contribution in [2.45, 2.75) is 25.6 Å². The summed E-state index contributed by atoms with van der Waals surface area (Å²) in [6, 6.07) is 0. The van der Waals surface area contributed by atoms with Crippen LogP contribution in [0.4, 0.5) is 0 Å². The molecule has 0 aromatic heterocycles. The molecule has 0 fully saturated rings. The van der Waals surface area contributed by atoms with E-state index in [4.69, 9.17) is 0 Å². The van der Waals surface area contributed by atoms with Gasteiger partial charge in [-0.15, -0.1) is 0 Å². The van der Waals surface area contributed by atoms with Gasteiger partial charge in [0.2, 0.25) is 0 Å². The van der Waals surface area contributed by atoms with E-state index in [1.54, 1.807) is 0 Å². The van der Waals surface area contributed by atoms with E-state index in [0.717, 1.165) is 0 Å². The highest BCUT2D eigenvalue weighted by molar-refractivity contribution is 9.09. The van der Waals surface area contributed by atoms with Gasteiger partial charge >= 0.3 is 0 Å². The quantitative estimate of drug-likeness (QED) is 0.549. The monoisotopic (exact) mass is 162 g/mol. The van der Waals surface area contributed by atoms with Gasteiger partial charge in [-0.25, -0.2) is 0 Å². The average Bonchev–Trinajstić information content (AvgIpc) is 1.65. The largest absolute Gasteiger partial charge is 0.0882 e. The third-order valence-electron chi connectivity index (χ3n) is 0.844. The van der Waals surface area contributed by atoms with Crippen LogP contribution in [0.15, 0.2) is 0 Å². The van der Waals surface area contributed by atoms with Crippen LogP contribution in [0.5, 0.6) is 0 Å². The molecule has 1 unspecified atom stereocenters. The number of halogens is 1. The van der Waals surface area contributed by atoms with Gasteiger partial charge in [-0.3, -0.25) is 0 Å². The zero-order chi connectivity index (χ0) is 5.86. The molecule has 0 aromatic carbocycles. The minimum Gasteiger partial charge on any atom is -0.0882 e. The third-order valence-corrected chi connectivity index (χ3v) is 2.29. The van der Waals surface area contributed by atoms with Crippen molar-refractivity contribution in [3.05, 3.63) is 12.3 Å². The van der Waals surface area contributed by atoms with Crippen molar-refractivity contribution in [2.24, 2.45) is 0 Å². The Morgan fingerprint density at radius 2 is 2.00 bits per heavy atom. The highest BCUT2D eigenvalue weighted by atomic mass is 79.9. The molecule has 0 aliphatic heterocycles. The van der Waals surface area contributed by atoms with E-state index < -0.39 is 0 Å². The Hall–Kier alpha value is 0.480. The predicted molar refractivity (Wildman–Crippen MR) is 37.3 cm³/mol. The molecular formula is C6H11Br. The van der Waals surface area contributed by atoms with Crippen LogP contribution in [0.3, 0.4) is 0 Å². The maximum Gasteiger partial charge on any atom is 0.0231 e. The van der Waals surface area contributed by atoms with Crippen molar-refractivity contribution in [2.75, 3.05) is 0 Å². The van der Waals surface area contributed by atoms with Gasteiger partial charge in [-0.1, -0.05) is 36.7 Å². The minimum atomic E-state index is 0.507. The molecule has 1 heteroatoms. The molecule has 0 heterocycles. The fourth-order valence-electron chi connectivity index (χ4n) is 0.333. The second kappa shape index (κ2) is 3.48. The molecule has 0 spiro atoms. The molecule has 0 aliphatic rings. The first-order valence-corrected chi connectivity index (χ1v) is 3.33. The Kier molecular flexibility index (Phi) is 3.72. The SMILES string of the molecule is C[CH]C(Br)[C](C)C. The van der Waals surface area contributed by atoms with Crippen LogP contribution in [0.1, 0.15) is 20.8 Å². The summed E-state index contributed by atoms with van der Waals surface area (Å²) in [6.07, 6.45) is 2.12. The molecule has 0 saturated carbocycles. The van der Waals surface area contributed by atoms with Crippen molar-refractivity contribution < 1.29 is 0 Å². The van der Waals surface area contributed by atoms with E-state index in [2.05, 4.69) is 36.2 Å². The zero-order valence-corrected chi connectivity index (χ0v) is 6.62. The molecule has 0 amide bonds. The van der Waals surface area contributed by atoms with Gasteiger partial charge in [-0.2, -0.15) is 0 Å². The first-order valence-electron chi connectivity index (χ1n) is 2.42. The van der Waals surface area contributed by atoms with Crippen LogP contribution >= 0.6 is 15.9 Å². The molecule has 0 aromatic rings. The molecule has 7 heavy (non-hydrogen) atoms. The lowest BCUT2D eigenvalue weighted by molar-refractivity contribution is 0.967. The molecule has 0 bridgehead atoms. The molecule has 0 saturated heterocycles. The summed E-state index contributed by atoms with van der Waals surface area (Å²) < 4.78 is 0. The highest BCUT2D eigenvalue weighted by Gasteiger charge is 2.04. The summed E-state index contributed by atoms with van der Waals surface area (Å²) in [6.45, 7) is 6.27.